The molecule has 3 aromatic rings. The van der Waals surface area contributed by atoms with Gasteiger partial charge >= 0.3 is 0 Å². The zero-order chi connectivity index (χ0) is 22.5. The van der Waals surface area contributed by atoms with E-state index in [0.29, 0.717) is 34.3 Å². The minimum Gasteiger partial charge on any atom is -0.493 e. The van der Waals surface area contributed by atoms with Crippen molar-refractivity contribution in [3.8, 4) is 5.75 Å². The maximum absolute atomic E-state index is 13.4. The molecule has 1 aromatic heterocycles. The van der Waals surface area contributed by atoms with Gasteiger partial charge in [0.1, 0.15) is 5.75 Å². The lowest BCUT2D eigenvalue weighted by Gasteiger charge is -2.14. The van der Waals surface area contributed by atoms with Crippen LogP contribution in [0.5, 0.6) is 5.75 Å². The van der Waals surface area contributed by atoms with Gasteiger partial charge < -0.3 is 4.74 Å². The molecule has 32 heavy (non-hydrogen) atoms. The van der Waals surface area contributed by atoms with Gasteiger partial charge in [-0.05, 0) is 47.9 Å². The van der Waals surface area contributed by atoms with E-state index in [2.05, 4.69) is 18.8 Å². The summed E-state index contributed by atoms with van der Waals surface area (Å²) >= 11 is 1.31. The SMILES string of the molecule is CC(C)COc1ccc(C2=C(Sc3ccccc3)C(=O)N(Cc3ccccn3)C2=O)cc1. The summed E-state index contributed by atoms with van der Waals surface area (Å²) in [6.45, 7) is 4.93. The van der Waals surface area contributed by atoms with Gasteiger partial charge in [0.25, 0.3) is 11.8 Å². The number of hydrogen-bond acceptors (Lipinski definition) is 5. The highest BCUT2D eigenvalue weighted by Crippen LogP contribution is 2.40. The highest BCUT2D eigenvalue weighted by molar-refractivity contribution is 8.04. The van der Waals surface area contributed by atoms with Crippen LogP contribution in [0, 0.1) is 5.92 Å². The van der Waals surface area contributed by atoms with Gasteiger partial charge in [0.15, 0.2) is 0 Å². The van der Waals surface area contributed by atoms with Gasteiger partial charge in [-0.2, -0.15) is 0 Å². The zero-order valence-corrected chi connectivity index (χ0v) is 18.8. The van der Waals surface area contributed by atoms with Crippen molar-refractivity contribution in [1.82, 2.24) is 9.88 Å². The third-order valence-corrected chi connectivity index (χ3v) is 5.95. The average molecular weight is 445 g/mol. The Morgan fingerprint density at radius 3 is 2.28 bits per heavy atom. The summed E-state index contributed by atoms with van der Waals surface area (Å²) in [5, 5.41) is 0. The monoisotopic (exact) mass is 444 g/mol. The first-order chi connectivity index (χ1) is 15.5. The molecule has 0 radical (unpaired) electrons. The normalized spacial score (nSPS) is 13.9. The number of ether oxygens (including phenoxy) is 1. The third-order valence-electron chi connectivity index (χ3n) is 4.86. The molecule has 0 aliphatic carbocycles. The Hall–Kier alpha value is -3.38. The summed E-state index contributed by atoms with van der Waals surface area (Å²) in [5.41, 5.74) is 1.77. The molecule has 0 atom stereocenters. The second-order valence-corrected chi connectivity index (χ2v) is 8.95. The van der Waals surface area contributed by atoms with Gasteiger partial charge in [-0.3, -0.25) is 19.5 Å². The van der Waals surface area contributed by atoms with E-state index in [4.69, 9.17) is 4.74 Å². The second-order valence-electron chi connectivity index (χ2n) is 7.87. The molecule has 1 aliphatic heterocycles. The molecule has 2 heterocycles. The number of thioether (sulfide) groups is 1. The molecule has 6 heteroatoms. The van der Waals surface area contributed by atoms with E-state index in [1.165, 1.54) is 16.7 Å². The van der Waals surface area contributed by atoms with Gasteiger partial charge in [0.05, 0.1) is 29.3 Å². The minimum absolute atomic E-state index is 0.135. The van der Waals surface area contributed by atoms with Crippen LogP contribution in [0.25, 0.3) is 5.57 Å². The predicted octanol–water partition coefficient (Wildman–Crippen LogP) is 5.19. The fraction of sp³-hybridized carbons (Fsp3) is 0.192. The number of rotatable bonds is 8. The predicted molar refractivity (Wildman–Crippen MR) is 126 cm³/mol. The number of benzene rings is 2. The first-order valence-electron chi connectivity index (χ1n) is 10.5. The fourth-order valence-electron chi connectivity index (χ4n) is 3.29. The Morgan fingerprint density at radius 2 is 1.62 bits per heavy atom. The van der Waals surface area contributed by atoms with Gasteiger partial charge in [-0.25, -0.2) is 0 Å². The Kier molecular flexibility index (Phi) is 6.71. The van der Waals surface area contributed by atoms with Crippen molar-refractivity contribution in [2.45, 2.75) is 25.3 Å². The summed E-state index contributed by atoms with van der Waals surface area (Å²) in [7, 11) is 0. The van der Waals surface area contributed by atoms with Crippen LogP contribution in [-0.2, 0) is 16.1 Å². The number of imide groups is 1. The molecule has 0 saturated heterocycles. The molecule has 5 nitrogen and oxygen atoms in total. The molecular weight excluding hydrogens is 420 g/mol. The number of aromatic nitrogens is 1. The van der Waals surface area contributed by atoms with Crippen molar-refractivity contribution in [1.29, 1.82) is 0 Å². The van der Waals surface area contributed by atoms with Crippen molar-refractivity contribution in [3.05, 3.63) is 95.2 Å². The molecule has 0 saturated carbocycles. The van der Waals surface area contributed by atoms with Gasteiger partial charge in [-0.15, -0.1) is 0 Å². The molecule has 0 N–H and O–H groups in total. The standard InChI is InChI=1S/C26H24N2O3S/c1-18(2)17-31-21-13-11-19(12-14-21)23-24(32-22-9-4-3-5-10-22)26(30)28(25(23)29)16-20-8-6-7-15-27-20/h3-15,18H,16-17H2,1-2H3. The van der Waals surface area contributed by atoms with E-state index in [1.54, 1.807) is 12.3 Å². The van der Waals surface area contributed by atoms with Crippen LogP contribution in [0.4, 0.5) is 0 Å². The van der Waals surface area contributed by atoms with E-state index in [0.717, 1.165) is 10.6 Å². The Labute approximate surface area is 192 Å². The van der Waals surface area contributed by atoms with Crippen LogP contribution < -0.4 is 4.74 Å². The first-order valence-corrected chi connectivity index (χ1v) is 11.3. The summed E-state index contributed by atoms with van der Waals surface area (Å²) < 4.78 is 5.76. The van der Waals surface area contributed by atoms with Crippen LogP contribution in [0.1, 0.15) is 25.1 Å². The van der Waals surface area contributed by atoms with E-state index in [9.17, 15) is 9.59 Å². The van der Waals surface area contributed by atoms with Crippen molar-refractivity contribution in [3.63, 3.8) is 0 Å². The second kappa shape index (κ2) is 9.83. The van der Waals surface area contributed by atoms with E-state index < -0.39 is 0 Å². The molecule has 2 aromatic carbocycles. The molecule has 162 valence electrons. The molecule has 1 aliphatic rings. The summed E-state index contributed by atoms with van der Waals surface area (Å²) in [6.07, 6.45) is 1.66. The van der Waals surface area contributed by atoms with Crippen LogP contribution in [0.15, 0.2) is 88.8 Å². The van der Waals surface area contributed by atoms with Crippen LogP contribution in [0.3, 0.4) is 0 Å². The van der Waals surface area contributed by atoms with E-state index in [1.807, 2.05) is 66.7 Å². The lowest BCUT2D eigenvalue weighted by molar-refractivity contribution is -0.137. The zero-order valence-electron chi connectivity index (χ0n) is 18.0. The summed E-state index contributed by atoms with van der Waals surface area (Å²) in [4.78, 5) is 33.6. The van der Waals surface area contributed by atoms with Crippen molar-refractivity contribution in [2.75, 3.05) is 6.61 Å². The van der Waals surface area contributed by atoms with E-state index in [-0.39, 0.29) is 18.4 Å². The Morgan fingerprint density at radius 1 is 0.906 bits per heavy atom. The molecule has 0 bridgehead atoms. The number of nitrogens with zero attached hydrogens (tertiary/aromatic N) is 2. The van der Waals surface area contributed by atoms with Gasteiger partial charge in [0, 0.05) is 11.1 Å². The minimum atomic E-state index is -0.310. The highest BCUT2D eigenvalue weighted by atomic mass is 32.2. The molecule has 0 unspecified atom stereocenters. The van der Waals surface area contributed by atoms with E-state index >= 15 is 0 Å². The van der Waals surface area contributed by atoms with Crippen LogP contribution in [0.2, 0.25) is 0 Å². The van der Waals surface area contributed by atoms with Crippen LogP contribution >= 0.6 is 11.8 Å². The number of carbonyl (C=O) groups excluding carboxylic acids is 2. The molecule has 0 spiro atoms. The quantitative estimate of drug-likeness (QED) is 0.448. The van der Waals surface area contributed by atoms with Gasteiger partial charge in [-0.1, -0.05) is 62.0 Å². The summed E-state index contributed by atoms with van der Waals surface area (Å²) in [5.74, 6) is 0.544. The smallest absolute Gasteiger partial charge is 0.268 e. The fourth-order valence-corrected chi connectivity index (χ4v) is 4.32. The first kappa shape index (κ1) is 21.8. The largest absolute Gasteiger partial charge is 0.493 e. The van der Waals surface area contributed by atoms with Crippen molar-refractivity contribution >= 4 is 29.1 Å². The highest BCUT2D eigenvalue weighted by Gasteiger charge is 2.39. The van der Waals surface area contributed by atoms with Crippen LogP contribution in [-0.4, -0.2) is 28.3 Å². The average Bonchev–Trinajstić information content (AvgIpc) is 3.03. The Balaban J connectivity index is 1.67. The molecule has 4 rings (SSSR count). The third kappa shape index (κ3) is 4.92. The number of pyridine rings is 1. The molecular formula is C26H24N2O3S. The van der Waals surface area contributed by atoms with Gasteiger partial charge in [0.2, 0.25) is 0 Å². The lowest BCUT2D eigenvalue weighted by Crippen LogP contribution is -2.31. The number of amides is 2. The topological polar surface area (TPSA) is 59.5 Å². The lowest BCUT2D eigenvalue weighted by atomic mass is 10.1. The molecule has 2 amide bonds. The number of hydrogen-bond donors (Lipinski definition) is 0. The van der Waals surface area contributed by atoms with Crippen molar-refractivity contribution < 1.29 is 14.3 Å². The molecule has 0 fully saturated rings. The Bertz CT molecular complexity index is 1130. The van der Waals surface area contributed by atoms with Crippen molar-refractivity contribution in [2.24, 2.45) is 5.92 Å². The summed E-state index contributed by atoms with van der Waals surface area (Å²) in [6, 6.07) is 22.4. The maximum atomic E-state index is 13.4. The number of carbonyl (C=O) groups is 2. The maximum Gasteiger partial charge on any atom is 0.268 e.